The highest BCUT2D eigenvalue weighted by molar-refractivity contribution is 6.32. The van der Waals surface area contributed by atoms with Gasteiger partial charge in [-0.25, -0.2) is 4.39 Å². The third kappa shape index (κ3) is 4.23. The van der Waals surface area contributed by atoms with Crippen molar-refractivity contribution in [1.82, 2.24) is 5.32 Å². The van der Waals surface area contributed by atoms with E-state index in [1.165, 1.54) is 12.1 Å². The van der Waals surface area contributed by atoms with Gasteiger partial charge in [0, 0.05) is 36.5 Å². The maximum absolute atomic E-state index is 13.6. The lowest BCUT2D eigenvalue weighted by molar-refractivity contribution is -0.111. The Morgan fingerprint density at radius 3 is 2.62 bits per heavy atom. The van der Waals surface area contributed by atoms with Gasteiger partial charge in [0.15, 0.2) is 0 Å². The van der Waals surface area contributed by atoms with Crippen LogP contribution in [0.25, 0.3) is 11.1 Å². The Kier molecular flexibility index (Phi) is 5.73. The molecule has 6 nitrogen and oxygen atoms in total. The molecular formula is C27H27FN2O4. The number of carbonyl (C=O) groups is 2. The average Bonchev–Trinajstić information content (AvgIpc) is 3.32. The molecule has 0 unspecified atom stereocenters. The molecule has 3 heterocycles. The number of rotatable bonds is 4. The Hall–Kier alpha value is -3.45. The van der Waals surface area contributed by atoms with Crippen molar-refractivity contribution < 1.29 is 23.5 Å². The lowest BCUT2D eigenvalue weighted by Gasteiger charge is -2.24. The van der Waals surface area contributed by atoms with Gasteiger partial charge in [-0.15, -0.1) is 0 Å². The Balaban J connectivity index is 1.37. The largest absolute Gasteiger partial charge is 0.482 e. The number of hydrogen-bond donors (Lipinski definition) is 2. The van der Waals surface area contributed by atoms with E-state index >= 15 is 0 Å². The van der Waals surface area contributed by atoms with Crippen molar-refractivity contribution in [3.05, 3.63) is 76.8 Å². The number of hydrogen-bond acceptors (Lipinski definition) is 4. The molecule has 0 saturated carbocycles. The normalized spacial score (nSPS) is 21.5. The van der Waals surface area contributed by atoms with E-state index in [0.29, 0.717) is 40.6 Å². The van der Waals surface area contributed by atoms with Crippen molar-refractivity contribution in [2.24, 2.45) is 5.92 Å². The first-order chi connectivity index (χ1) is 16.3. The van der Waals surface area contributed by atoms with Crippen LogP contribution in [0.15, 0.2) is 54.3 Å². The number of allylic oxidation sites excluding steroid dienone is 1. The summed E-state index contributed by atoms with van der Waals surface area (Å²) in [6.45, 7) is 6.02. The Morgan fingerprint density at radius 2 is 1.88 bits per heavy atom. The topological polar surface area (TPSA) is 76.7 Å². The molecule has 0 aliphatic carbocycles. The summed E-state index contributed by atoms with van der Waals surface area (Å²) < 4.78 is 25.1. The number of ether oxygens (including phenoxy) is 2. The SMILES string of the molecule is CC1(C)OC(=C2C(=O)Nc3cc(F)ccc32)C=C1c1ccc(C(=O)NCC2CCOCC2)cc1. The molecule has 3 aliphatic heterocycles. The molecule has 0 aromatic heterocycles. The molecule has 0 bridgehead atoms. The van der Waals surface area contributed by atoms with Crippen molar-refractivity contribution in [1.29, 1.82) is 0 Å². The van der Waals surface area contributed by atoms with E-state index in [2.05, 4.69) is 10.6 Å². The number of nitrogens with one attached hydrogen (secondary N) is 2. The molecule has 2 aromatic rings. The molecular weight excluding hydrogens is 435 g/mol. The van der Waals surface area contributed by atoms with Crippen LogP contribution in [-0.2, 0) is 14.3 Å². The van der Waals surface area contributed by atoms with E-state index in [4.69, 9.17) is 9.47 Å². The van der Waals surface area contributed by atoms with Crippen molar-refractivity contribution in [2.45, 2.75) is 32.3 Å². The highest BCUT2D eigenvalue weighted by atomic mass is 19.1. The molecule has 1 saturated heterocycles. The van der Waals surface area contributed by atoms with Gasteiger partial charge >= 0.3 is 0 Å². The number of benzene rings is 2. The summed E-state index contributed by atoms with van der Waals surface area (Å²) in [7, 11) is 0. The van der Waals surface area contributed by atoms with E-state index in [9.17, 15) is 14.0 Å². The summed E-state index contributed by atoms with van der Waals surface area (Å²) in [5.41, 5.74) is 3.16. The summed E-state index contributed by atoms with van der Waals surface area (Å²) in [5, 5.41) is 5.73. The van der Waals surface area contributed by atoms with Crippen LogP contribution in [-0.4, -0.2) is 37.2 Å². The molecule has 0 spiro atoms. The third-order valence-electron chi connectivity index (χ3n) is 6.61. The second-order valence-electron chi connectivity index (χ2n) is 9.40. The molecule has 0 atom stereocenters. The maximum atomic E-state index is 13.6. The molecule has 0 radical (unpaired) electrons. The molecule has 5 rings (SSSR count). The van der Waals surface area contributed by atoms with E-state index in [1.54, 1.807) is 18.2 Å². The van der Waals surface area contributed by atoms with E-state index in [0.717, 1.165) is 37.2 Å². The van der Waals surface area contributed by atoms with Crippen LogP contribution in [0, 0.1) is 11.7 Å². The van der Waals surface area contributed by atoms with Crippen LogP contribution in [0.5, 0.6) is 0 Å². The number of anilines is 1. The predicted octanol–water partition coefficient (Wildman–Crippen LogP) is 4.54. The minimum atomic E-state index is -0.682. The predicted molar refractivity (Wildman–Crippen MR) is 127 cm³/mol. The van der Waals surface area contributed by atoms with Gasteiger partial charge in [0.25, 0.3) is 11.8 Å². The summed E-state index contributed by atoms with van der Waals surface area (Å²) in [6.07, 6.45) is 3.79. The lowest BCUT2D eigenvalue weighted by Crippen LogP contribution is -2.32. The zero-order valence-electron chi connectivity index (χ0n) is 19.2. The van der Waals surface area contributed by atoms with Crippen LogP contribution in [0.2, 0.25) is 0 Å². The molecule has 2 aromatic carbocycles. The standard InChI is InChI=1S/C27H27FN2O4/c1-27(2)21(14-23(34-27)24-20-8-7-19(28)13-22(20)30-26(24)32)17-3-5-18(6-4-17)25(31)29-15-16-9-11-33-12-10-16/h3-8,13-14,16H,9-12,15H2,1-2H3,(H,29,31)(H,30,32). The molecule has 34 heavy (non-hydrogen) atoms. The van der Waals surface area contributed by atoms with Crippen LogP contribution in [0.4, 0.5) is 10.1 Å². The zero-order chi connectivity index (χ0) is 23.9. The quantitative estimate of drug-likeness (QED) is 0.655. The molecule has 3 aliphatic rings. The van der Waals surface area contributed by atoms with Crippen LogP contribution < -0.4 is 10.6 Å². The molecule has 7 heteroatoms. The fourth-order valence-electron chi connectivity index (χ4n) is 4.70. The lowest BCUT2D eigenvalue weighted by atomic mass is 9.91. The van der Waals surface area contributed by atoms with Gasteiger partial charge < -0.3 is 20.1 Å². The molecule has 2 N–H and O–H groups in total. The van der Waals surface area contributed by atoms with Gasteiger partial charge in [-0.3, -0.25) is 9.59 Å². The van der Waals surface area contributed by atoms with Crippen molar-refractivity contribution >= 4 is 28.6 Å². The van der Waals surface area contributed by atoms with Crippen LogP contribution in [0.3, 0.4) is 0 Å². The second-order valence-corrected chi connectivity index (χ2v) is 9.40. The smallest absolute Gasteiger partial charge is 0.260 e. The first-order valence-corrected chi connectivity index (χ1v) is 11.5. The Labute approximate surface area is 197 Å². The van der Waals surface area contributed by atoms with Crippen LogP contribution >= 0.6 is 0 Å². The average molecular weight is 463 g/mol. The van der Waals surface area contributed by atoms with Gasteiger partial charge in [-0.2, -0.15) is 0 Å². The summed E-state index contributed by atoms with van der Waals surface area (Å²) in [6, 6.07) is 11.6. The number of carbonyl (C=O) groups excluding carboxylic acids is 2. The second kappa shape index (κ2) is 8.72. The monoisotopic (exact) mass is 462 g/mol. The van der Waals surface area contributed by atoms with Gasteiger partial charge in [-0.05, 0) is 74.6 Å². The first kappa shape index (κ1) is 22.3. The van der Waals surface area contributed by atoms with Crippen molar-refractivity contribution in [3.63, 3.8) is 0 Å². The van der Waals surface area contributed by atoms with Gasteiger partial charge in [0.1, 0.15) is 17.2 Å². The first-order valence-electron chi connectivity index (χ1n) is 11.5. The zero-order valence-corrected chi connectivity index (χ0v) is 19.2. The van der Waals surface area contributed by atoms with E-state index in [1.807, 2.05) is 32.1 Å². The Morgan fingerprint density at radius 1 is 1.15 bits per heavy atom. The number of amides is 2. The maximum Gasteiger partial charge on any atom is 0.260 e. The summed E-state index contributed by atoms with van der Waals surface area (Å²) in [5.74, 6) is 0.0790. The van der Waals surface area contributed by atoms with Gasteiger partial charge in [0.2, 0.25) is 0 Å². The van der Waals surface area contributed by atoms with Crippen LogP contribution in [0.1, 0.15) is 48.2 Å². The van der Waals surface area contributed by atoms with Crippen molar-refractivity contribution in [3.8, 4) is 0 Å². The fourth-order valence-corrected chi connectivity index (χ4v) is 4.70. The van der Waals surface area contributed by atoms with Crippen molar-refractivity contribution in [2.75, 3.05) is 25.1 Å². The highest BCUT2D eigenvalue weighted by Gasteiger charge is 2.38. The minimum absolute atomic E-state index is 0.0942. The highest BCUT2D eigenvalue weighted by Crippen LogP contribution is 2.44. The summed E-state index contributed by atoms with van der Waals surface area (Å²) in [4.78, 5) is 25.2. The third-order valence-corrected chi connectivity index (χ3v) is 6.61. The fraction of sp³-hybridized carbons (Fsp3) is 0.333. The van der Waals surface area contributed by atoms with E-state index in [-0.39, 0.29) is 11.8 Å². The molecule has 176 valence electrons. The molecule has 1 fully saturated rings. The van der Waals surface area contributed by atoms with Gasteiger partial charge in [0.05, 0.1) is 11.3 Å². The number of fused-ring (bicyclic) bond motifs is 1. The van der Waals surface area contributed by atoms with E-state index < -0.39 is 11.4 Å². The number of halogens is 1. The summed E-state index contributed by atoms with van der Waals surface area (Å²) >= 11 is 0. The van der Waals surface area contributed by atoms with Gasteiger partial charge in [-0.1, -0.05) is 12.1 Å². The minimum Gasteiger partial charge on any atom is -0.482 e. The molecule has 2 amide bonds. The Bertz CT molecular complexity index is 1210.